The lowest BCUT2D eigenvalue weighted by atomic mass is 10.1. The molecule has 0 heterocycles. The van der Waals surface area contributed by atoms with Gasteiger partial charge in [0, 0.05) is 11.1 Å². The van der Waals surface area contributed by atoms with Gasteiger partial charge in [0.15, 0.2) is 0 Å². The van der Waals surface area contributed by atoms with E-state index in [9.17, 15) is 10.2 Å². The van der Waals surface area contributed by atoms with Gasteiger partial charge in [-0.25, -0.2) is 0 Å². The van der Waals surface area contributed by atoms with Gasteiger partial charge in [-0.3, -0.25) is 0 Å². The van der Waals surface area contributed by atoms with Crippen molar-refractivity contribution in [1.29, 1.82) is 0 Å². The van der Waals surface area contributed by atoms with Crippen LogP contribution >= 0.6 is 14.5 Å². The third-order valence-electron chi connectivity index (χ3n) is 10.7. The first kappa shape index (κ1) is 42.9. The van der Waals surface area contributed by atoms with E-state index in [0.717, 1.165) is 22.6 Å². The van der Waals surface area contributed by atoms with Crippen molar-refractivity contribution in [2.75, 3.05) is 52.9 Å². The molecule has 6 nitrogen and oxygen atoms in total. The van der Waals surface area contributed by atoms with Crippen LogP contribution in [0.25, 0.3) is 0 Å². The van der Waals surface area contributed by atoms with E-state index in [-0.39, 0.29) is 26.4 Å². The van der Waals surface area contributed by atoms with Crippen molar-refractivity contribution in [2.45, 2.75) is 12.3 Å². The number of ether oxygens (including phenoxy) is 4. The maximum Gasteiger partial charge on any atom is 0.126 e. The Morgan fingerprint density at radius 2 is 0.567 bits per heavy atom. The predicted octanol–water partition coefficient (Wildman–Crippen LogP) is 7.45. The second-order valence-electron chi connectivity index (χ2n) is 14.4. The van der Waals surface area contributed by atoms with E-state index >= 15 is 0 Å². The SMILES string of the molecule is OCCOCCOc1cc(C[P+](c2ccccc2)(c2ccccc2)c2ccccc2)c(OCCOCCO)cc1C[P+](c1ccccc1)(c1ccccc1)c1ccccc1. The molecule has 0 spiro atoms. The van der Waals surface area contributed by atoms with Gasteiger partial charge < -0.3 is 29.2 Å². The lowest BCUT2D eigenvalue weighted by Crippen LogP contribution is -2.33. The lowest BCUT2D eigenvalue weighted by Gasteiger charge is -2.30. The first-order chi connectivity index (χ1) is 29.7. The van der Waals surface area contributed by atoms with E-state index in [4.69, 9.17) is 18.9 Å². The summed E-state index contributed by atoms with van der Waals surface area (Å²) in [7, 11) is -4.71. The number of hydrogen-bond donors (Lipinski definition) is 2. The van der Waals surface area contributed by atoms with Gasteiger partial charge in [-0.2, -0.15) is 0 Å². The van der Waals surface area contributed by atoms with Crippen molar-refractivity contribution in [3.63, 3.8) is 0 Å². The van der Waals surface area contributed by atoms with Crippen LogP contribution in [0.15, 0.2) is 194 Å². The third kappa shape index (κ3) is 10.1. The van der Waals surface area contributed by atoms with Crippen molar-refractivity contribution >= 4 is 46.4 Å². The number of aliphatic hydroxyl groups excluding tert-OH is 2. The summed E-state index contributed by atoms with van der Waals surface area (Å²) in [4.78, 5) is 0. The Bertz CT molecular complexity index is 1940. The van der Waals surface area contributed by atoms with Gasteiger partial charge in [0.05, 0.1) is 39.6 Å². The van der Waals surface area contributed by atoms with Gasteiger partial charge in [0.25, 0.3) is 0 Å². The summed E-state index contributed by atoms with van der Waals surface area (Å²) in [5.41, 5.74) is 2.06. The summed E-state index contributed by atoms with van der Waals surface area (Å²) >= 11 is 0. The Kier molecular flexibility index (Phi) is 15.7. The minimum absolute atomic E-state index is 0.0497. The smallest absolute Gasteiger partial charge is 0.126 e. The van der Waals surface area contributed by atoms with E-state index in [1.165, 1.54) is 31.8 Å². The fourth-order valence-electron chi connectivity index (χ4n) is 7.96. The number of rotatable bonds is 22. The zero-order valence-corrected chi connectivity index (χ0v) is 35.8. The Hall–Kier alpha value is -5.16. The van der Waals surface area contributed by atoms with Crippen molar-refractivity contribution in [2.24, 2.45) is 0 Å². The molecule has 306 valence electrons. The van der Waals surface area contributed by atoms with Crippen LogP contribution in [0.1, 0.15) is 11.1 Å². The van der Waals surface area contributed by atoms with Crippen molar-refractivity contribution in [1.82, 2.24) is 0 Å². The molecule has 0 saturated carbocycles. The van der Waals surface area contributed by atoms with E-state index in [1.807, 2.05) is 0 Å². The molecule has 0 unspecified atom stereocenters. The molecule has 8 heteroatoms. The summed E-state index contributed by atoms with van der Waals surface area (Å²) in [6.45, 7) is 1.68. The van der Waals surface area contributed by atoms with Crippen LogP contribution in [0.2, 0.25) is 0 Å². The summed E-state index contributed by atoms with van der Waals surface area (Å²) in [5.74, 6) is 1.56. The average Bonchev–Trinajstić information content (AvgIpc) is 3.32. The molecule has 0 atom stereocenters. The quantitative estimate of drug-likeness (QED) is 0.0546. The maximum atomic E-state index is 9.46. The second-order valence-corrected chi connectivity index (χ2v) is 21.4. The zero-order chi connectivity index (χ0) is 41.3. The molecule has 0 amide bonds. The molecular weight excluding hydrogens is 783 g/mol. The van der Waals surface area contributed by atoms with E-state index in [0.29, 0.717) is 38.8 Å². The fraction of sp³-hybridized carbons (Fsp3) is 0.192. The van der Waals surface area contributed by atoms with Crippen LogP contribution < -0.4 is 41.3 Å². The summed E-state index contributed by atoms with van der Waals surface area (Å²) in [5, 5.41) is 26.5. The minimum atomic E-state index is -2.36. The van der Waals surface area contributed by atoms with Gasteiger partial charge in [0.2, 0.25) is 0 Å². The maximum absolute atomic E-state index is 9.46. The molecule has 0 aliphatic heterocycles. The van der Waals surface area contributed by atoms with Gasteiger partial charge in [0.1, 0.15) is 83.4 Å². The van der Waals surface area contributed by atoms with Gasteiger partial charge in [-0.15, -0.1) is 0 Å². The van der Waals surface area contributed by atoms with Crippen LogP contribution in [-0.2, 0) is 21.8 Å². The number of aliphatic hydroxyl groups is 2. The Balaban J connectivity index is 1.46. The largest absolute Gasteiger partial charge is 0.491 e. The summed E-state index contributed by atoms with van der Waals surface area (Å²) in [6, 6.07) is 69.7. The first-order valence-electron chi connectivity index (χ1n) is 20.6. The average molecular weight is 837 g/mol. The topological polar surface area (TPSA) is 77.4 Å². The van der Waals surface area contributed by atoms with E-state index in [2.05, 4.69) is 194 Å². The van der Waals surface area contributed by atoms with Crippen molar-refractivity contribution < 1.29 is 29.2 Å². The molecule has 0 bridgehead atoms. The molecule has 7 aromatic rings. The van der Waals surface area contributed by atoms with Crippen LogP contribution in [-0.4, -0.2) is 63.1 Å². The van der Waals surface area contributed by atoms with Crippen LogP contribution in [0.5, 0.6) is 11.5 Å². The highest BCUT2D eigenvalue weighted by atomic mass is 31.2. The molecule has 0 saturated heterocycles. The third-order valence-corrected chi connectivity index (χ3v) is 19.4. The highest BCUT2D eigenvalue weighted by Gasteiger charge is 2.48. The molecule has 0 aromatic heterocycles. The molecular formula is C52H54O6P2+2. The minimum Gasteiger partial charge on any atom is -0.491 e. The van der Waals surface area contributed by atoms with Gasteiger partial charge in [-0.05, 0) is 84.9 Å². The standard InChI is InChI=1S/C52H54O6P2/c53-31-33-55-35-37-57-51-40-44(42-60(48-25-13-4-14-26-48,49-27-15-5-16-28-49)50-29-17-6-18-30-50)52(58-38-36-56-34-32-54)39-43(51)41-59(45-19-7-1-8-20-45,46-21-9-2-10-22-46)47-23-11-3-12-24-47/h1-30,39-40,53-54H,31-38,41-42H2/q+2. The fourth-order valence-corrected chi connectivity index (χ4v) is 16.4. The Labute approximate surface area is 356 Å². The van der Waals surface area contributed by atoms with Crippen LogP contribution in [0, 0.1) is 0 Å². The van der Waals surface area contributed by atoms with Crippen LogP contribution in [0.4, 0.5) is 0 Å². The number of benzene rings is 7. The van der Waals surface area contributed by atoms with E-state index < -0.39 is 14.5 Å². The predicted molar refractivity (Wildman–Crippen MR) is 251 cm³/mol. The zero-order valence-electron chi connectivity index (χ0n) is 34.0. The van der Waals surface area contributed by atoms with Crippen molar-refractivity contribution in [3.05, 3.63) is 205 Å². The second kappa shape index (κ2) is 21.9. The Morgan fingerprint density at radius 3 is 0.800 bits per heavy atom. The van der Waals surface area contributed by atoms with Crippen LogP contribution in [0.3, 0.4) is 0 Å². The molecule has 7 rings (SSSR count). The first-order valence-corrected chi connectivity index (χ1v) is 24.5. The Morgan fingerprint density at radius 1 is 0.317 bits per heavy atom. The van der Waals surface area contributed by atoms with Gasteiger partial charge in [-0.1, -0.05) is 109 Å². The molecule has 0 fully saturated rings. The molecule has 7 aromatic carbocycles. The highest BCUT2D eigenvalue weighted by molar-refractivity contribution is 7.95. The summed E-state index contributed by atoms with van der Waals surface area (Å²) < 4.78 is 25.1. The monoisotopic (exact) mass is 836 g/mol. The molecule has 0 aliphatic carbocycles. The highest BCUT2D eigenvalue weighted by Crippen LogP contribution is 2.62. The molecule has 60 heavy (non-hydrogen) atoms. The molecule has 2 N–H and O–H groups in total. The summed E-state index contributed by atoms with van der Waals surface area (Å²) in [6.07, 6.45) is 1.34. The normalized spacial score (nSPS) is 11.6. The lowest BCUT2D eigenvalue weighted by molar-refractivity contribution is 0.0694. The van der Waals surface area contributed by atoms with Gasteiger partial charge >= 0.3 is 0 Å². The van der Waals surface area contributed by atoms with E-state index in [1.54, 1.807) is 0 Å². The van der Waals surface area contributed by atoms with Crippen molar-refractivity contribution in [3.8, 4) is 11.5 Å². The number of hydrogen-bond acceptors (Lipinski definition) is 6. The molecule has 0 radical (unpaired) electrons. The molecule has 0 aliphatic rings.